The highest BCUT2D eigenvalue weighted by molar-refractivity contribution is 5.74. The Morgan fingerprint density at radius 2 is 1.76 bits per heavy atom. The maximum Gasteiger partial charge on any atom is 0.0889 e. The molecule has 0 atom stereocenters. The van der Waals surface area contributed by atoms with Crippen LogP contribution in [0.4, 0.5) is 0 Å². The third-order valence-corrected chi connectivity index (χ3v) is 2.74. The van der Waals surface area contributed by atoms with Crippen molar-refractivity contribution >= 4 is 11.0 Å². The van der Waals surface area contributed by atoms with Crippen molar-refractivity contribution in [3.8, 4) is 0 Å². The predicted molar refractivity (Wildman–Crippen MR) is 68.8 cm³/mol. The number of fused-ring (bicyclic) bond motifs is 1. The van der Waals surface area contributed by atoms with Crippen LogP contribution in [0.2, 0.25) is 0 Å². The van der Waals surface area contributed by atoms with Gasteiger partial charge in [-0.2, -0.15) is 0 Å². The molecule has 3 aromatic rings. The number of aromatic nitrogens is 2. The number of hydrogen-bond donors (Lipinski definition) is 0. The molecule has 2 aromatic carbocycles. The van der Waals surface area contributed by atoms with Gasteiger partial charge in [0.25, 0.3) is 0 Å². The van der Waals surface area contributed by atoms with Gasteiger partial charge in [-0.05, 0) is 29.7 Å². The van der Waals surface area contributed by atoms with E-state index in [1.54, 1.807) is 0 Å². The molecular formula is C15H12N2. The summed E-state index contributed by atoms with van der Waals surface area (Å²) < 4.78 is 7.50. The first kappa shape index (κ1) is 8.88. The van der Waals surface area contributed by atoms with Crippen LogP contribution in [-0.4, -0.2) is 9.97 Å². The molecule has 1 aromatic heterocycles. The molecule has 0 aliphatic heterocycles. The third-order valence-electron chi connectivity index (χ3n) is 2.74. The minimum atomic E-state index is 0.208. The Morgan fingerprint density at radius 1 is 0.882 bits per heavy atom. The fourth-order valence-electron chi connectivity index (χ4n) is 1.91. The molecule has 17 heavy (non-hydrogen) atoms. The van der Waals surface area contributed by atoms with Crippen LogP contribution in [0, 0.1) is 0 Å². The summed E-state index contributed by atoms with van der Waals surface area (Å²) in [5, 5.41) is 0. The van der Waals surface area contributed by atoms with Gasteiger partial charge in [-0.15, -0.1) is 0 Å². The van der Waals surface area contributed by atoms with E-state index >= 15 is 0 Å². The fraction of sp³-hybridized carbons (Fsp3) is 0.0667. The van der Waals surface area contributed by atoms with Crippen LogP contribution in [0.5, 0.6) is 0 Å². The van der Waals surface area contributed by atoms with Crippen LogP contribution in [0.1, 0.15) is 12.5 Å². The van der Waals surface area contributed by atoms with Crippen molar-refractivity contribution in [2.75, 3.05) is 0 Å². The summed E-state index contributed by atoms with van der Waals surface area (Å²) in [4.78, 5) is 8.36. The van der Waals surface area contributed by atoms with Gasteiger partial charge in [-0.1, -0.05) is 36.4 Å². The van der Waals surface area contributed by atoms with Crippen molar-refractivity contribution in [3.63, 3.8) is 0 Å². The van der Waals surface area contributed by atoms with Gasteiger partial charge in [-0.25, -0.2) is 0 Å². The van der Waals surface area contributed by atoms with E-state index in [-0.39, 0.29) is 6.17 Å². The minimum absolute atomic E-state index is 0.208. The first-order valence-electron chi connectivity index (χ1n) is 6.07. The van der Waals surface area contributed by atoms with Gasteiger partial charge in [0.1, 0.15) is 0 Å². The van der Waals surface area contributed by atoms with Crippen LogP contribution in [0.15, 0.2) is 60.9 Å². The summed E-state index contributed by atoms with van der Waals surface area (Å²) in [6.45, 7) is 0. The molecule has 0 bridgehead atoms. The van der Waals surface area contributed by atoms with E-state index in [4.69, 9.17) is 1.37 Å². The summed E-state index contributed by atoms with van der Waals surface area (Å²) in [7, 11) is 0. The van der Waals surface area contributed by atoms with Crippen molar-refractivity contribution in [2.45, 2.75) is 6.42 Å². The van der Waals surface area contributed by atoms with E-state index in [0.29, 0.717) is 0 Å². The van der Waals surface area contributed by atoms with Crippen LogP contribution in [0.3, 0.4) is 0 Å². The van der Waals surface area contributed by atoms with Crippen molar-refractivity contribution in [1.29, 1.82) is 0 Å². The van der Waals surface area contributed by atoms with E-state index < -0.39 is 0 Å². The van der Waals surface area contributed by atoms with Gasteiger partial charge in [0, 0.05) is 12.4 Å². The highest BCUT2D eigenvalue weighted by Gasteiger charge is 1.99. The normalized spacial score (nSPS) is 11.4. The maximum absolute atomic E-state index is 7.50. The fourth-order valence-corrected chi connectivity index (χ4v) is 1.91. The second-order valence-electron chi connectivity index (χ2n) is 3.98. The molecule has 0 spiro atoms. The topological polar surface area (TPSA) is 25.8 Å². The summed E-state index contributed by atoms with van der Waals surface area (Å²) in [6.07, 6.45) is 2.55. The standard InChI is InChI=1S/C15H12N2/c1-2-4-12(5-3-1)10-13-6-7-14-15(11-13)17-9-8-16-14/h1-9,11H,10H2/i9D. The minimum Gasteiger partial charge on any atom is -0.253 e. The lowest BCUT2D eigenvalue weighted by Gasteiger charge is -2.03. The van der Waals surface area contributed by atoms with Crippen LogP contribution in [-0.2, 0) is 6.42 Å². The molecule has 2 nitrogen and oxygen atoms in total. The smallest absolute Gasteiger partial charge is 0.0889 e. The third kappa shape index (κ3) is 2.16. The van der Waals surface area contributed by atoms with E-state index in [2.05, 4.69) is 28.2 Å². The molecule has 3 rings (SSSR count). The second kappa shape index (κ2) is 4.34. The molecule has 0 radical (unpaired) electrons. The zero-order valence-electron chi connectivity index (χ0n) is 10.3. The monoisotopic (exact) mass is 221 g/mol. The Balaban J connectivity index is 1.98. The lowest BCUT2D eigenvalue weighted by Crippen LogP contribution is -1.89. The Morgan fingerprint density at radius 3 is 2.65 bits per heavy atom. The summed E-state index contributed by atoms with van der Waals surface area (Å²) in [6, 6.07) is 16.3. The Bertz CT molecular complexity index is 680. The largest absolute Gasteiger partial charge is 0.253 e. The summed E-state index contributed by atoms with van der Waals surface area (Å²) >= 11 is 0. The number of hydrogen-bond acceptors (Lipinski definition) is 2. The van der Waals surface area contributed by atoms with Crippen molar-refractivity contribution in [1.82, 2.24) is 9.97 Å². The van der Waals surface area contributed by atoms with Gasteiger partial charge in [0.15, 0.2) is 0 Å². The SMILES string of the molecule is [2H]c1cnc2ccc(Cc3ccccc3)cc2n1. The Kier molecular flexibility index (Phi) is 2.26. The van der Waals surface area contributed by atoms with Gasteiger partial charge in [-0.3, -0.25) is 9.97 Å². The first-order valence-corrected chi connectivity index (χ1v) is 5.57. The molecule has 0 aliphatic carbocycles. The molecule has 0 saturated heterocycles. The van der Waals surface area contributed by atoms with Crippen molar-refractivity contribution in [3.05, 3.63) is 72.0 Å². The lowest BCUT2D eigenvalue weighted by molar-refractivity contribution is 1.19. The average Bonchev–Trinajstić information content (AvgIpc) is 2.39. The number of benzene rings is 2. The van der Waals surface area contributed by atoms with E-state index in [1.165, 1.54) is 17.3 Å². The molecule has 82 valence electrons. The second-order valence-corrected chi connectivity index (χ2v) is 3.98. The van der Waals surface area contributed by atoms with E-state index in [9.17, 15) is 0 Å². The highest BCUT2D eigenvalue weighted by atomic mass is 14.8. The average molecular weight is 221 g/mol. The number of rotatable bonds is 2. The lowest BCUT2D eigenvalue weighted by atomic mass is 10.0. The van der Waals surface area contributed by atoms with Gasteiger partial charge >= 0.3 is 0 Å². The van der Waals surface area contributed by atoms with Gasteiger partial charge in [0.05, 0.1) is 12.4 Å². The van der Waals surface area contributed by atoms with E-state index in [1.807, 2.05) is 30.3 Å². The molecule has 0 N–H and O–H groups in total. The van der Waals surface area contributed by atoms with Gasteiger partial charge in [0.2, 0.25) is 0 Å². The molecule has 0 amide bonds. The predicted octanol–water partition coefficient (Wildman–Crippen LogP) is 3.22. The van der Waals surface area contributed by atoms with Crippen molar-refractivity contribution < 1.29 is 1.37 Å². The van der Waals surface area contributed by atoms with Crippen LogP contribution in [0.25, 0.3) is 11.0 Å². The van der Waals surface area contributed by atoms with Crippen LogP contribution < -0.4 is 0 Å². The van der Waals surface area contributed by atoms with Crippen molar-refractivity contribution in [2.24, 2.45) is 0 Å². The first-order chi connectivity index (χ1) is 8.81. The summed E-state index contributed by atoms with van der Waals surface area (Å²) in [5.41, 5.74) is 4.08. The Hall–Kier alpha value is -2.22. The quantitative estimate of drug-likeness (QED) is 0.664. The van der Waals surface area contributed by atoms with Gasteiger partial charge < -0.3 is 0 Å². The summed E-state index contributed by atoms with van der Waals surface area (Å²) in [5.74, 6) is 0. The zero-order chi connectivity index (χ0) is 12.4. The Labute approximate surface area is 101 Å². The van der Waals surface area contributed by atoms with Crippen LogP contribution >= 0.6 is 0 Å². The molecule has 2 heteroatoms. The maximum atomic E-state index is 7.50. The molecule has 1 heterocycles. The zero-order valence-corrected chi connectivity index (χ0v) is 9.30. The molecule has 0 unspecified atom stereocenters. The molecule has 0 aliphatic rings. The van der Waals surface area contributed by atoms with E-state index in [0.717, 1.165) is 17.5 Å². The molecule has 0 saturated carbocycles. The highest BCUT2D eigenvalue weighted by Crippen LogP contribution is 2.14. The molecule has 0 fully saturated rings. The molecular weight excluding hydrogens is 208 g/mol. The number of nitrogens with zero attached hydrogens (tertiary/aromatic N) is 2.